The number of azide groups is 1. The number of hydrogen-bond donors (Lipinski definition) is 1. The van der Waals surface area contributed by atoms with Gasteiger partial charge in [0.2, 0.25) is 0 Å². The zero-order chi connectivity index (χ0) is 14.9. The average Bonchev–Trinajstić information content (AvgIpc) is 2.72. The average molecular weight is 394 g/mol. The Bertz CT molecular complexity index is 682. The van der Waals surface area contributed by atoms with Gasteiger partial charge in [0, 0.05) is 27.5 Å². The molecule has 2 heterocycles. The Labute approximate surface area is 125 Å². The maximum absolute atomic E-state index is 14.1. The molecule has 0 amide bonds. The number of ether oxygens (including phenoxy) is 1. The monoisotopic (exact) mass is 394 g/mol. The van der Waals surface area contributed by atoms with E-state index in [-0.39, 0.29) is 9.99 Å². The van der Waals surface area contributed by atoms with E-state index in [1.807, 2.05) is 22.6 Å². The predicted octanol–water partition coefficient (Wildman–Crippen LogP) is 1.36. The maximum atomic E-state index is 14.1. The smallest absolute Gasteiger partial charge is 0.330 e. The van der Waals surface area contributed by atoms with Crippen molar-refractivity contribution >= 4 is 22.6 Å². The fourth-order valence-electron chi connectivity index (χ4n) is 1.87. The van der Waals surface area contributed by atoms with Crippen molar-refractivity contribution in [3.63, 3.8) is 0 Å². The molecular formula is C10H10FIN5O3. The summed E-state index contributed by atoms with van der Waals surface area (Å²) in [7, 11) is 0. The molecule has 1 fully saturated rings. The molecule has 0 saturated carbocycles. The highest BCUT2D eigenvalue weighted by atomic mass is 127. The van der Waals surface area contributed by atoms with E-state index in [9.17, 15) is 14.0 Å². The maximum Gasteiger partial charge on any atom is 0.330 e. The second-order valence-corrected chi connectivity index (χ2v) is 5.03. The highest BCUT2D eigenvalue weighted by molar-refractivity contribution is 14.1. The van der Waals surface area contributed by atoms with Gasteiger partial charge in [0.25, 0.3) is 5.56 Å². The Hall–Kier alpha value is -1.39. The molecular weight excluding hydrogens is 384 g/mol. The quantitative estimate of drug-likeness (QED) is 0.275. The largest absolute Gasteiger partial charge is 0.341 e. The fraction of sp³-hybridized carbons (Fsp3) is 0.500. The van der Waals surface area contributed by atoms with Gasteiger partial charge < -0.3 is 4.74 Å². The van der Waals surface area contributed by atoms with Gasteiger partial charge >= 0.3 is 5.69 Å². The molecule has 107 valence electrons. The van der Waals surface area contributed by atoms with Crippen molar-refractivity contribution in [3.8, 4) is 0 Å². The second kappa shape index (κ2) is 5.54. The first kappa shape index (κ1) is 15.0. The number of hydrogen-bond acceptors (Lipinski definition) is 4. The van der Waals surface area contributed by atoms with Crippen LogP contribution in [0.3, 0.4) is 0 Å². The third-order valence-electron chi connectivity index (χ3n) is 2.84. The number of aromatic amines is 1. The number of aryl methyl sites for hydroxylation is 1. The molecule has 1 aliphatic heterocycles. The van der Waals surface area contributed by atoms with Crippen molar-refractivity contribution in [2.24, 2.45) is 5.11 Å². The van der Waals surface area contributed by atoms with Crippen molar-refractivity contribution in [2.75, 3.05) is 4.43 Å². The number of nitrogens with zero attached hydrogens (tertiary/aromatic N) is 4. The lowest BCUT2D eigenvalue weighted by Gasteiger charge is -2.21. The van der Waals surface area contributed by atoms with E-state index < -0.39 is 29.4 Å². The highest BCUT2D eigenvalue weighted by Gasteiger charge is 2.47. The van der Waals surface area contributed by atoms with Crippen molar-refractivity contribution in [1.29, 1.82) is 0 Å². The van der Waals surface area contributed by atoms with E-state index in [1.54, 1.807) is 0 Å². The molecule has 0 unspecified atom stereocenters. The molecule has 3 atom stereocenters. The summed E-state index contributed by atoms with van der Waals surface area (Å²) in [5, 5.41) is 3.44. The summed E-state index contributed by atoms with van der Waals surface area (Å²) in [4.78, 5) is 27.7. The minimum absolute atomic E-state index is 0.197. The van der Waals surface area contributed by atoms with Crippen LogP contribution in [0.2, 0.25) is 0 Å². The highest BCUT2D eigenvalue weighted by Crippen LogP contribution is 2.39. The Kier molecular flexibility index (Phi) is 4.16. The molecule has 0 bridgehead atoms. The summed E-state index contributed by atoms with van der Waals surface area (Å²) in [5.41, 5.74) is 5.99. The molecule has 2 rings (SSSR count). The van der Waals surface area contributed by atoms with Crippen LogP contribution in [-0.4, -0.2) is 25.9 Å². The first-order valence-electron chi connectivity index (χ1n) is 5.54. The van der Waals surface area contributed by atoms with E-state index in [0.29, 0.717) is 0 Å². The Morgan fingerprint density at radius 3 is 3.00 bits per heavy atom. The molecule has 0 aromatic carbocycles. The minimum Gasteiger partial charge on any atom is -0.341 e. The topological polar surface area (TPSA) is 113 Å². The van der Waals surface area contributed by atoms with Crippen molar-refractivity contribution in [1.82, 2.24) is 9.55 Å². The zero-order valence-electron chi connectivity index (χ0n) is 10.3. The Morgan fingerprint density at radius 1 is 1.70 bits per heavy atom. The van der Waals surface area contributed by atoms with Crippen LogP contribution >= 0.6 is 22.6 Å². The van der Waals surface area contributed by atoms with Crippen LogP contribution in [-0.2, 0) is 4.74 Å². The van der Waals surface area contributed by atoms with Gasteiger partial charge in [0.1, 0.15) is 0 Å². The van der Waals surface area contributed by atoms with E-state index in [4.69, 9.17) is 10.3 Å². The van der Waals surface area contributed by atoms with E-state index >= 15 is 0 Å². The lowest BCUT2D eigenvalue weighted by atomic mass is 10.1. The first-order chi connectivity index (χ1) is 9.42. The van der Waals surface area contributed by atoms with Crippen LogP contribution in [0.5, 0.6) is 0 Å². The van der Waals surface area contributed by atoms with Gasteiger partial charge in [0.15, 0.2) is 18.1 Å². The molecule has 20 heavy (non-hydrogen) atoms. The summed E-state index contributed by atoms with van der Waals surface area (Å²) in [6, 6.07) is 0. The van der Waals surface area contributed by atoms with Gasteiger partial charge in [-0.1, -0.05) is 27.7 Å². The standard InChI is InChI=1S/C10H10FIN5O3/c1-5-3-17(9(19)14-7(5)18)8-6(11)2-10(4-12,20-8)15-16-13/h2-3,6,8H,4H2,1H3,(H,14,18,19)/t6-,8+,10-/m0/s1. The van der Waals surface area contributed by atoms with Crippen LogP contribution in [0.25, 0.3) is 10.4 Å². The minimum atomic E-state index is -1.64. The van der Waals surface area contributed by atoms with E-state index in [0.717, 1.165) is 11.0 Å². The predicted molar refractivity (Wildman–Crippen MR) is 76.1 cm³/mol. The van der Waals surface area contributed by atoms with E-state index in [2.05, 4.69) is 15.0 Å². The van der Waals surface area contributed by atoms with Gasteiger partial charge in [-0.3, -0.25) is 14.3 Å². The summed E-state index contributed by atoms with van der Waals surface area (Å²) < 4.78 is 20.6. The lowest BCUT2D eigenvalue weighted by molar-refractivity contribution is -0.0620. The number of halogens is 2. The number of rotatable bonds is 3. The molecule has 1 aliphatic rings. The van der Waals surface area contributed by atoms with Gasteiger partial charge in [-0.2, -0.15) is 0 Å². The third-order valence-corrected chi connectivity index (χ3v) is 3.94. The molecule has 1 aromatic rings. The number of H-pyrrole nitrogens is 1. The summed E-state index contributed by atoms with van der Waals surface area (Å²) in [5.74, 6) is 0. The number of nitrogens with one attached hydrogen (secondary N) is 1. The van der Waals surface area contributed by atoms with Crippen LogP contribution in [0.15, 0.2) is 20.9 Å². The fourth-order valence-corrected chi connectivity index (χ4v) is 2.45. The molecule has 10 heteroatoms. The number of alkyl halides is 2. The first-order valence-corrected chi connectivity index (χ1v) is 7.07. The van der Waals surface area contributed by atoms with Gasteiger partial charge in [-0.15, -0.1) is 0 Å². The Morgan fingerprint density at radius 2 is 2.40 bits per heavy atom. The SMILES string of the molecule is Cc1cn([C@@H]2O[C@@](CI)(N=[N+]=[N-])[CH][C@@H]2F)c(=O)[nH]c1=O. The second-order valence-electron chi connectivity index (χ2n) is 4.27. The van der Waals surface area contributed by atoms with Crippen molar-refractivity contribution < 1.29 is 9.13 Å². The van der Waals surface area contributed by atoms with E-state index in [1.165, 1.54) is 13.1 Å². The molecule has 0 spiro atoms. The van der Waals surface area contributed by atoms with Crippen LogP contribution < -0.4 is 11.2 Å². The summed E-state index contributed by atoms with van der Waals surface area (Å²) >= 11 is 1.89. The van der Waals surface area contributed by atoms with Crippen LogP contribution in [0.4, 0.5) is 4.39 Å². The van der Waals surface area contributed by atoms with Crippen LogP contribution in [0.1, 0.15) is 11.8 Å². The van der Waals surface area contributed by atoms with Gasteiger partial charge in [-0.25, -0.2) is 9.18 Å². The summed E-state index contributed by atoms with van der Waals surface area (Å²) in [6.07, 6.45) is -0.598. The molecule has 1 aromatic heterocycles. The van der Waals surface area contributed by atoms with Crippen molar-refractivity contribution in [3.05, 3.63) is 49.5 Å². The van der Waals surface area contributed by atoms with Gasteiger partial charge in [-0.05, 0) is 12.5 Å². The molecule has 1 radical (unpaired) electrons. The zero-order valence-corrected chi connectivity index (χ0v) is 12.4. The van der Waals surface area contributed by atoms with Gasteiger partial charge in [0.05, 0.1) is 0 Å². The van der Waals surface area contributed by atoms with Crippen LogP contribution in [0, 0.1) is 13.3 Å². The summed E-state index contributed by atoms with van der Waals surface area (Å²) in [6.45, 7) is 1.49. The molecule has 8 nitrogen and oxygen atoms in total. The lowest BCUT2D eigenvalue weighted by Crippen LogP contribution is -2.36. The third kappa shape index (κ3) is 2.58. The molecule has 1 saturated heterocycles. The number of aromatic nitrogens is 2. The normalized spacial score (nSPS) is 29.1. The molecule has 0 aliphatic carbocycles. The molecule has 1 N–H and O–H groups in total. The van der Waals surface area contributed by atoms with Crippen molar-refractivity contribution in [2.45, 2.75) is 25.0 Å². The Balaban J connectivity index is 2.45.